The zero-order chi connectivity index (χ0) is 24.1. The summed E-state index contributed by atoms with van der Waals surface area (Å²) in [5, 5.41) is 3.29. The quantitative estimate of drug-likeness (QED) is 0.403. The Hall–Kier alpha value is -3.97. The summed E-state index contributed by atoms with van der Waals surface area (Å²) < 4.78 is 5.09. The van der Waals surface area contributed by atoms with E-state index >= 15 is 0 Å². The van der Waals surface area contributed by atoms with Crippen LogP contribution in [0.25, 0.3) is 0 Å². The summed E-state index contributed by atoms with van der Waals surface area (Å²) in [6.45, 7) is -0.106. The summed E-state index contributed by atoms with van der Waals surface area (Å²) in [5.41, 5.74) is 1.85. The molecule has 0 aromatic heterocycles. The molecule has 1 aliphatic heterocycles. The molecule has 0 radical (unpaired) electrons. The largest absolute Gasteiger partial charge is 0.454 e. The Morgan fingerprint density at radius 2 is 1.68 bits per heavy atom. The minimum absolute atomic E-state index is 0.0954. The third kappa shape index (κ3) is 5.50. The van der Waals surface area contributed by atoms with Crippen LogP contribution in [0.1, 0.15) is 27.1 Å². The molecule has 0 spiro atoms. The van der Waals surface area contributed by atoms with E-state index < -0.39 is 11.9 Å². The Balaban J connectivity index is 1.31. The number of nitrogens with zero attached hydrogens (tertiary/aromatic N) is 1. The number of esters is 1. The molecular formula is C26H21ClN2O5. The highest BCUT2D eigenvalue weighted by molar-refractivity contribution is 6.31. The van der Waals surface area contributed by atoms with Crippen LogP contribution in [0.3, 0.4) is 0 Å². The van der Waals surface area contributed by atoms with Crippen LogP contribution in [-0.2, 0) is 14.3 Å². The molecule has 2 amide bonds. The van der Waals surface area contributed by atoms with Gasteiger partial charge in [-0.05, 0) is 42.5 Å². The first kappa shape index (κ1) is 23.2. The second-order valence-corrected chi connectivity index (χ2v) is 8.25. The molecule has 34 heavy (non-hydrogen) atoms. The Bertz CT molecular complexity index is 1230. The topological polar surface area (TPSA) is 92.8 Å². The van der Waals surface area contributed by atoms with Gasteiger partial charge in [-0.3, -0.25) is 14.4 Å². The van der Waals surface area contributed by atoms with Crippen molar-refractivity contribution in [1.29, 1.82) is 0 Å². The fourth-order valence-electron chi connectivity index (χ4n) is 3.63. The Kier molecular flexibility index (Phi) is 7.04. The number of ketones is 1. The van der Waals surface area contributed by atoms with Crippen molar-refractivity contribution in [1.82, 2.24) is 0 Å². The van der Waals surface area contributed by atoms with Crippen LogP contribution in [0.2, 0.25) is 5.02 Å². The number of Topliss-reactive ketones (excluding diaryl/α,β-unsaturated/α-hetero) is 1. The van der Waals surface area contributed by atoms with Crippen LogP contribution in [-0.4, -0.2) is 36.7 Å². The third-order valence-corrected chi connectivity index (χ3v) is 5.67. The molecule has 0 aliphatic carbocycles. The molecule has 172 valence electrons. The fraction of sp³-hybridized carbons (Fsp3) is 0.154. The van der Waals surface area contributed by atoms with E-state index in [4.69, 9.17) is 16.3 Å². The summed E-state index contributed by atoms with van der Waals surface area (Å²) in [7, 11) is 0. The summed E-state index contributed by atoms with van der Waals surface area (Å²) in [6.07, 6.45) is 0.0954. The lowest BCUT2D eigenvalue weighted by Crippen LogP contribution is -2.28. The number of anilines is 2. The molecule has 8 heteroatoms. The van der Waals surface area contributed by atoms with Crippen LogP contribution >= 0.6 is 11.6 Å². The van der Waals surface area contributed by atoms with E-state index in [9.17, 15) is 19.2 Å². The molecule has 3 aromatic carbocycles. The maximum atomic E-state index is 12.7. The molecule has 0 unspecified atom stereocenters. The van der Waals surface area contributed by atoms with Crippen molar-refractivity contribution in [3.63, 3.8) is 0 Å². The second kappa shape index (κ2) is 10.3. The molecule has 1 fully saturated rings. The molecule has 0 bridgehead atoms. The smallest absolute Gasteiger partial charge is 0.338 e. The molecule has 1 saturated heterocycles. The SMILES string of the molecule is O=C(COC(=O)c1ccc(NC(=O)[C@H]2CC(=O)N(c3cccc(Cl)c3)C2)cc1)c1ccccc1. The van der Waals surface area contributed by atoms with Gasteiger partial charge >= 0.3 is 5.97 Å². The first-order valence-electron chi connectivity index (χ1n) is 10.6. The first-order valence-corrected chi connectivity index (χ1v) is 11.0. The summed E-state index contributed by atoms with van der Waals surface area (Å²) >= 11 is 6.01. The number of benzene rings is 3. The Morgan fingerprint density at radius 3 is 2.38 bits per heavy atom. The maximum absolute atomic E-state index is 12.7. The number of amides is 2. The van der Waals surface area contributed by atoms with E-state index in [1.165, 1.54) is 12.1 Å². The Labute approximate surface area is 201 Å². The van der Waals surface area contributed by atoms with Crippen LogP contribution in [0.15, 0.2) is 78.9 Å². The number of hydrogen-bond donors (Lipinski definition) is 1. The minimum atomic E-state index is -0.638. The van der Waals surface area contributed by atoms with Gasteiger partial charge in [0.15, 0.2) is 12.4 Å². The van der Waals surface area contributed by atoms with Gasteiger partial charge in [0.1, 0.15) is 0 Å². The Morgan fingerprint density at radius 1 is 0.941 bits per heavy atom. The molecule has 7 nitrogen and oxygen atoms in total. The number of nitrogens with one attached hydrogen (secondary N) is 1. The van der Waals surface area contributed by atoms with Gasteiger partial charge in [-0.25, -0.2) is 4.79 Å². The molecule has 1 atom stereocenters. The lowest BCUT2D eigenvalue weighted by Gasteiger charge is -2.17. The van der Waals surface area contributed by atoms with Gasteiger partial charge < -0.3 is 15.0 Å². The van der Waals surface area contributed by atoms with E-state index in [-0.39, 0.29) is 42.7 Å². The number of carbonyl (C=O) groups is 4. The molecular weight excluding hydrogens is 456 g/mol. The van der Waals surface area contributed by atoms with Crippen molar-refractivity contribution < 1.29 is 23.9 Å². The van der Waals surface area contributed by atoms with Gasteiger partial charge in [0, 0.05) is 34.9 Å². The van der Waals surface area contributed by atoms with E-state index in [2.05, 4.69) is 5.32 Å². The standard InChI is InChI=1S/C26H21ClN2O5/c27-20-7-4-8-22(14-20)29-15-19(13-24(29)31)25(32)28-21-11-9-18(10-12-21)26(33)34-16-23(30)17-5-2-1-3-6-17/h1-12,14,19H,13,15-16H2,(H,28,32)/t19-/m0/s1. The molecule has 4 rings (SSSR count). The molecule has 0 saturated carbocycles. The van der Waals surface area contributed by atoms with Crippen molar-refractivity contribution in [2.45, 2.75) is 6.42 Å². The average Bonchev–Trinajstić information content (AvgIpc) is 3.25. The molecule has 1 heterocycles. The van der Waals surface area contributed by atoms with Crippen molar-refractivity contribution in [2.24, 2.45) is 5.92 Å². The van der Waals surface area contributed by atoms with E-state index in [0.29, 0.717) is 22.0 Å². The van der Waals surface area contributed by atoms with E-state index in [1.54, 1.807) is 71.6 Å². The summed E-state index contributed by atoms with van der Waals surface area (Å²) in [5.74, 6) is -1.89. The highest BCUT2D eigenvalue weighted by Crippen LogP contribution is 2.28. The lowest BCUT2D eigenvalue weighted by molar-refractivity contribution is -0.122. The molecule has 1 N–H and O–H groups in total. The highest BCUT2D eigenvalue weighted by Gasteiger charge is 2.35. The van der Waals surface area contributed by atoms with Crippen molar-refractivity contribution in [3.05, 3.63) is 95.0 Å². The fourth-order valence-corrected chi connectivity index (χ4v) is 3.82. The van der Waals surface area contributed by atoms with Crippen molar-refractivity contribution in [3.8, 4) is 0 Å². The highest BCUT2D eigenvalue weighted by atomic mass is 35.5. The molecule has 1 aliphatic rings. The minimum Gasteiger partial charge on any atom is -0.454 e. The monoisotopic (exact) mass is 476 g/mol. The van der Waals surface area contributed by atoms with Gasteiger partial charge in [0.25, 0.3) is 0 Å². The van der Waals surface area contributed by atoms with Crippen LogP contribution in [0.4, 0.5) is 11.4 Å². The maximum Gasteiger partial charge on any atom is 0.338 e. The lowest BCUT2D eigenvalue weighted by atomic mass is 10.1. The van der Waals surface area contributed by atoms with E-state index in [1.807, 2.05) is 0 Å². The van der Waals surface area contributed by atoms with Crippen molar-refractivity contribution in [2.75, 3.05) is 23.4 Å². The van der Waals surface area contributed by atoms with Gasteiger partial charge in [0.05, 0.1) is 11.5 Å². The zero-order valence-corrected chi connectivity index (χ0v) is 18.8. The van der Waals surface area contributed by atoms with Gasteiger partial charge in [-0.15, -0.1) is 0 Å². The number of hydrogen-bond acceptors (Lipinski definition) is 5. The van der Waals surface area contributed by atoms with Crippen LogP contribution in [0, 0.1) is 5.92 Å². The van der Waals surface area contributed by atoms with Crippen LogP contribution in [0.5, 0.6) is 0 Å². The number of carbonyl (C=O) groups excluding carboxylic acids is 4. The third-order valence-electron chi connectivity index (χ3n) is 5.43. The van der Waals surface area contributed by atoms with Gasteiger partial charge in [0.2, 0.25) is 11.8 Å². The van der Waals surface area contributed by atoms with E-state index in [0.717, 1.165) is 0 Å². The van der Waals surface area contributed by atoms with Gasteiger partial charge in [-0.2, -0.15) is 0 Å². The number of halogens is 1. The van der Waals surface area contributed by atoms with Crippen molar-refractivity contribution >= 4 is 46.5 Å². The van der Waals surface area contributed by atoms with Crippen LogP contribution < -0.4 is 10.2 Å². The average molecular weight is 477 g/mol. The summed E-state index contributed by atoms with van der Waals surface area (Å²) in [4.78, 5) is 51.0. The predicted octanol–water partition coefficient (Wildman–Crippen LogP) is 4.37. The second-order valence-electron chi connectivity index (χ2n) is 7.82. The number of rotatable bonds is 7. The normalized spacial score (nSPS) is 15.1. The van der Waals surface area contributed by atoms with Gasteiger partial charge in [-0.1, -0.05) is 48.0 Å². The zero-order valence-electron chi connectivity index (χ0n) is 18.1. The summed E-state index contributed by atoms with van der Waals surface area (Å²) in [6, 6.07) is 21.6. The molecule has 3 aromatic rings. The predicted molar refractivity (Wildman–Crippen MR) is 128 cm³/mol. The number of ether oxygens (including phenoxy) is 1. The first-order chi connectivity index (χ1) is 16.4.